The molecule has 0 radical (unpaired) electrons. The van der Waals surface area contributed by atoms with Crippen LogP contribution in [0.5, 0.6) is 0 Å². The van der Waals surface area contributed by atoms with Gasteiger partial charge in [0, 0.05) is 11.3 Å². The zero-order chi connectivity index (χ0) is 27.5. The van der Waals surface area contributed by atoms with Gasteiger partial charge in [-0.3, -0.25) is 10.1 Å². The number of hydrogen-bond acceptors (Lipinski definition) is 5. The highest BCUT2D eigenvalue weighted by molar-refractivity contribution is 7.18. The smallest absolute Gasteiger partial charge is 0.326 e. The molecular formula is C23H21F6N5O2S. The van der Waals surface area contributed by atoms with E-state index in [0.29, 0.717) is 17.1 Å². The van der Waals surface area contributed by atoms with E-state index in [1.54, 1.807) is 13.8 Å². The van der Waals surface area contributed by atoms with Crippen molar-refractivity contribution in [3.05, 3.63) is 59.2 Å². The predicted molar refractivity (Wildman–Crippen MR) is 126 cm³/mol. The standard InChI is InChI=1S/C23H21F6N5O2S/c1-11(2)17(18(35)32-21-34-33-19(37-21)13-6-4-5-12(3)7-13)31-20(36)30-16-9-14(22(24,25)26)8-15(10-16)23(27,28)29/h4-11,17H,1-3H3,(H2,30,31,36)(H,32,34,35). The number of benzene rings is 2. The molecule has 1 unspecified atom stereocenters. The second-order valence-corrected chi connectivity index (χ2v) is 9.36. The van der Waals surface area contributed by atoms with Crippen LogP contribution in [0, 0.1) is 12.8 Å². The number of carbonyl (C=O) groups is 2. The highest BCUT2D eigenvalue weighted by Gasteiger charge is 2.37. The van der Waals surface area contributed by atoms with Gasteiger partial charge in [0.2, 0.25) is 11.0 Å². The first-order valence-corrected chi connectivity index (χ1v) is 11.5. The summed E-state index contributed by atoms with van der Waals surface area (Å²) in [6.07, 6.45) is -10.2. The van der Waals surface area contributed by atoms with Gasteiger partial charge in [0.1, 0.15) is 11.0 Å². The first-order chi connectivity index (χ1) is 17.1. The number of halogens is 6. The highest BCUT2D eigenvalue weighted by Crippen LogP contribution is 2.37. The zero-order valence-corrected chi connectivity index (χ0v) is 20.4. The normalized spacial score (nSPS) is 12.8. The lowest BCUT2D eigenvalue weighted by Gasteiger charge is -2.21. The van der Waals surface area contributed by atoms with Crippen molar-refractivity contribution in [1.29, 1.82) is 0 Å². The van der Waals surface area contributed by atoms with Crippen molar-refractivity contribution in [2.45, 2.75) is 39.2 Å². The van der Waals surface area contributed by atoms with Crippen molar-refractivity contribution in [2.24, 2.45) is 5.92 Å². The molecule has 0 spiro atoms. The van der Waals surface area contributed by atoms with Crippen LogP contribution in [0.4, 0.5) is 42.0 Å². The molecule has 1 atom stereocenters. The third kappa shape index (κ3) is 7.41. The number of carbonyl (C=O) groups excluding carboxylic acids is 2. The van der Waals surface area contributed by atoms with Crippen molar-refractivity contribution in [3.63, 3.8) is 0 Å². The van der Waals surface area contributed by atoms with Gasteiger partial charge in [-0.25, -0.2) is 4.79 Å². The fraction of sp³-hybridized carbons (Fsp3) is 0.304. The van der Waals surface area contributed by atoms with E-state index in [-0.39, 0.29) is 11.2 Å². The minimum atomic E-state index is -5.08. The maximum absolute atomic E-state index is 13.1. The molecule has 0 aliphatic rings. The summed E-state index contributed by atoms with van der Waals surface area (Å²) in [6, 6.07) is 5.76. The van der Waals surface area contributed by atoms with Gasteiger partial charge in [0.25, 0.3) is 0 Å². The van der Waals surface area contributed by atoms with Crippen LogP contribution in [-0.2, 0) is 17.1 Å². The van der Waals surface area contributed by atoms with E-state index in [1.165, 1.54) is 0 Å². The highest BCUT2D eigenvalue weighted by atomic mass is 32.1. The maximum atomic E-state index is 13.1. The minimum absolute atomic E-state index is 0.0550. The number of aryl methyl sites for hydroxylation is 1. The van der Waals surface area contributed by atoms with Crippen LogP contribution in [0.25, 0.3) is 10.6 Å². The third-order valence-electron chi connectivity index (χ3n) is 5.00. The number of urea groups is 1. The summed E-state index contributed by atoms with van der Waals surface area (Å²) in [6.45, 7) is 5.09. The third-order valence-corrected chi connectivity index (χ3v) is 5.89. The minimum Gasteiger partial charge on any atom is -0.326 e. The van der Waals surface area contributed by atoms with Crippen LogP contribution in [0.1, 0.15) is 30.5 Å². The summed E-state index contributed by atoms with van der Waals surface area (Å²) < 4.78 is 78.4. The molecule has 0 aliphatic carbocycles. The van der Waals surface area contributed by atoms with E-state index in [4.69, 9.17) is 0 Å². The number of nitrogens with zero attached hydrogens (tertiary/aromatic N) is 2. The van der Waals surface area contributed by atoms with Crippen LogP contribution in [0.3, 0.4) is 0 Å². The first-order valence-electron chi connectivity index (χ1n) is 10.7. The Bertz CT molecular complexity index is 1260. The van der Waals surface area contributed by atoms with E-state index in [0.717, 1.165) is 22.5 Å². The lowest BCUT2D eigenvalue weighted by atomic mass is 10.0. The summed E-state index contributed by atoms with van der Waals surface area (Å²) in [5.74, 6) is -1.20. The van der Waals surface area contributed by atoms with E-state index in [2.05, 4.69) is 20.8 Å². The number of amides is 3. The maximum Gasteiger partial charge on any atom is 0.416 e. The molecule has 3 rings (SSSR count). The van der Waals surface area contributed by atoms with E-state index in [1.807, 2.05) is 36.5 Å². The Labute approximate surface area is 211 Å². The molecule has 2 aromatic carbocycles. The number of nitrogens with one attached hydrogen (secondary N) is 3. The molecule has 0 saturated heterocycles. The van der Waals surface area contributed by atoms with Crippen LogP contribution in [0.15, 0.2) is 42.5 Å². The molecule has 14 heteroatoms. The molecule has 37 heavy (non-hydrogen) atoms. The lowest BCUT2D eigenvalue weighted by Crippen LogP contribution is -2.48. The summed E-state index contributed by atoms with van der Waals surface area (Å²) in [4.78, 5) is 25.2. The average Bonchev–Trinajstić information content (AvgIpc) is 3.24. The molecule has 3 amide bonds. The Morgan fingerprint density at radius 3 is 2.05 bits per heavy atom. The number of alkyl halides is 6. The number of hydrogen-bond donors (Lipinski definition) is 3. The fourth-order valence-electron chi connectivity index (χ4n) is 3.22. The van der Waals surface area contributed by atoms with Crippen molar-refractivity contribution in [2.75, 3.05) is 10.6 Å². The van der Waals surface area contributed by atoms with Crippen LogP contribution in [0.2, 0.25) is 0 Å². The van der Waals surface area contributed by atoms with Gasteiger partial charge < -0.3 is 10.6 Å². The molecule has 3 N–H and O–H groups in total. The summed E-state index contributed by atoms with van der Waals surface area (Å²) >= 11 is 1.09. The van der Waals surface area contributed by atoms with Gasteiger partial charge in [-0.1, -0.05) is 48.9 Å². The van der Waals surface area contributed by atoms with Crippen molar-refractivity contribution in [1.82, 2.24) is 15.5 Å². The summed E-state index contributed by atoms with van der Waals surface area (Å²) in [5, 5.41) is 15.4. The Kier molecular flexibility index (Phi) is 8.10. The lowest BCUT2D eigenvalue weighted by molar-refractivity contribution is -0.143. The molecule has 3 aromatic rings. The van der Waals surface area contributed by atoms with Crippen molar-refractivity contribution >= 4 is 34.1 Å². The quantitative estimate of drug-likeness (QED) is 0.315. The van der Waals surface area contributed by atoms with Gasteiger partial charge in [0.15, 0.2) is 0 Å². The average molecular weight is 546 g/mol. The summed E-state index contributed by atoms with van der Waals surface area (Å²) in [7, 11) is 0. The molecular weight excluding hydrogens is 524 g/mol. The Morgan fingerprint density at radius 1 is 0.892 bits per heavy atom. The largest absolute Gasteiger partial charge is 0.416 e. The topological polar surface area (TPSA) is 96.0 Å². The predicted octanol–water partition coefficient (Wildman–Crippen LogP) is 6.34. The van der Waals surface area contributed by atoms with E-state index in [9.17, 15) is 35.9 Å². The molecule has 1 aromatic heterocycles. The van der Waals surface area contributed by atoms with Crippen molar-refractivity contribution < 1.29 is 35.9 Å². The van der Waals surface area contributed by atoms with Gasteiger partial charge in [-0.15, -0.1) is 10.2 Å². The molecule has 198 valence electrons. The van der Waals surface area contributed by atoms with Gasteiger partial charge in [-0.2, -0.15) is 26.3 Å². The Morgan fingerprint density at radius 2 is 1.51 bits per heavy atom. The number of rotatable bonds is 6. The molecule has 1 heterocycles. The van der Waals surface area contributed by atoms with Crippen molar-refractivity contribution in [3.8, 4) is 10.6 Å². The van der Waals surface area contributed by atoms with E-state index < -0.39 is 53.1 Å². The second kappa shape index (κ2) is 10.7. The monoisotopic (exact) mass is 545 g/mol. The molecule has 0 fully saturated rings. The number of anilines is 2. The van der Waals surface area contributed by atoms with Crippen LogP contribution >= 0.6 is 11.3 Å². The Hall–Kier alpha value is -3.68. The van der Waals surface area contributed by atoms with E-state index >= 15 is 0 Å². The SMILES string of the molecule is Cc1cccc(-c2nnc(NC(=O)C(NC(=O)Nc3cc(C(F)(F)F)cc(C(F)(F)F)c3)C(C)C)s2)c1. The van der Waals surface area contributed by atoms with Gasteiger partial charge in [-0.05, 0) is 37.1 Å². The molecule has 7 nitrogen and oxygen atoms in total. The second-order valence-electron chi connectivity index (χ2n) is 8.39. The van der Waals surface area contributed by atoms with Crippen LogP contribution < -0.4 is 16.0 Å². The van der Waals surface area contributed by atoms with Crippen LogP contribution in [-0.4, -0.2) is 28.2 Å². The number of aromatic nitrogens is 2. The Balaban J connectivity index is 1.73. The zero-order valence-electron chi connectivity index (χ0n) is 19.6. The summed E-state index contributed by atoms with van der Waals surface area (Å²) in [5.41, 5.74) is -2.13. The molecule has 0 aliphatic heterocycles. The molecule has 0 bridgehead atoms. The van der Waals surface area contributed by atoms with Gasteiger partial charge in [0.05, 0.1) is 11.1 Å². The fourth-order valence-corrected chi connectivity index (χ4v) is 3.96. The molecule has 0 saturated carbocycles. The first kappa shape index (κ1) is 27.9. The van der Waals surface area contributed by atoms with Gasteiger partial charge >= 0.3 is 18.4 Å².